The first-order valence-corrected chi connectivity index (χ1v) is 12.9. The third-order valence-corrected chi connectivity index (χ3v) is 8.79. The molecule has 0 bridgehead atoms. The predicted octanol–water partition coefficient (Wildman–Crippen LogP) is 6.06. The lowest BCUT2D eigenvalue weighted by Crippen LogP contribution is -2.48. The van der Waals surface area contributed by atoms with E-state index >= 15 is 0 Å². The van der Waals surface area contributed by atoms with E-state index < -0.39 is 23.4 Å². The summed E-state index contributed by atoms with van der Waals surface area (Å²) in [6, 6.07) is 27.0. The van der Waals surface area contributed by atoms with Crippen molar-refractivity contribution in [2.45, 2.75) is 18.0 Å². The number of hydrogen-bond acceptors (Lipinski definition) is 5. The van der Waals surface area contributed by atoms with Gasteiger partial charge in [0, 0.05) is 22.7 Å². The second-order valence-electron chi connectivity index (χ2n) is 9.52. The molecule has 5 heteroatoms. The Morgan fingerprint density at radius 1 is 0.778 bits per heavy atom. The van der Waals surface area contributed by atoms with Gasteiger partial charge in [0.05, 0.1) is 10.9 Å². The molecular formula is C31H21NO3S. The van der Waals surface area contributed by atoms with Crippen LogP contribution in [-0.2, 0) is 0 Å². The highest BCUT2D eigenvalue weighted by molar-refractivity contribution is 7.12. The van der Waals surface area contributed by atoms with Crippen molar-refractivity contribution in [3.05, 3.63) is 130 Å². The van der Waals surface area contributed by atoms with E-state index in [4.69, 9.17) is 0 Å². The van der Waals surface area contributed by atoms with Crippen molar-refractivity contribution in [1.29, 1.82) is 0 Å². The Hall–Kier alpha value is -4.09. The molecule has 1 aromatic heterocycles. The van der Waals surface area contributed by atoms with Gasteiger partial charge in [-0.3, -0.25) is 14.4 Å². The lowest BCUT2D eigenvalue weighted by molar-refractivity contribution is 0.0666. The van der Waals surface area contributed by atoms with E-state index in [0.717, 1.165) is 16.8 Å². The van der Waals surface area contributed by atoms with E-state index in [9.17, 15) is 14.4 Å². The van der Waals surface area contributed by atoms with Gasteiger partial charge in [-0.25, -0.2) is 0 Å². The molecule has 36 heavy (non-hydrogen) atoms. The van der Waals surface area contributed by atoms with Crippen molar-refractivity contribution in [2.24, 2.45) is 5.41 Å². The molecule has 1 fully saturated rings. The quantitative estimate of drug-likeness (QED) is 0.260. The van der Waals surface area contributed by atoms with Crippen LogP contribution < -0.4 is 4.90 Å². The molecular weight excluding hydrogens is 466 g/mol. The summed E-state index contributed by atoms with van der Waals surface area (Å²) in [5.74, 6) is -1.11. The molecule has 174 valence electrons. The molecule has 3 aromatic carbocycles. The second-order valence-corrected chi connectivity index (χ2v) is 10.5. The van der Waals surface area contributed by atoms with E-state index in [1.54, 1.807) is 24.3 Å². The Kier molecular flexibility index (Phi) is 4.54. The van der Waals surface area contributed by atoms with Crippen molar-refractivity contribution >= 4 is 40.4 Å². The van der Waals surface area contributed by atoms with Gasteiger partial charge in [0.25, 0.3) is 0 Å². The largest absolute Gasteiger partial charge is 0.352 e. The lowest BCUT2D eigenvalue weighted by Gasteiger charge is -2.37. The van der Waals surface area contributed by atoms with E-state index in [-0.39, 0.29) is 17.3 Å². The number of benzene rings is 3. The molecule has 4 nitrogen and oxygen atoms in total. The molecule has 1 spiro atoms. The number of rotatable bonds is 3. The van der Waals surface area contributed by atoms with Gasteiger partial charge in [-0.1, -0.05) is 91.0 Å². The van der Waals surface area contributed by atoms with Crippen molar-refractivity contribution in [3.63, 3.8) is 0 Å². The molecule has 4 aromatic rings. The van der Waals surface area contributed by atoms with Gasteiger partial charge >= 0.3 is 0 Å². The van der Waals surface area contributed by atoms with Crippen molar-refractivity contribution in [3.8, 4) is 0 Å². The first-order valence-electron chi connectivity index (χ1n) is 12.0. The number of anilines is 1. The van der Waals surface area contributed by atoms with Crippen LogP contribution in [0.3, 0.4) is 0 Å². The number of ketones is 3. The number of Topliss-reactive ketones (excluding diaryl/α,β-unsaturated/α-hetero) is 3. The number of nitrogens with zero attached hydrogens (tertiary/aromatic N) is 1. The van der Waals surface area contributed by atoms with E-state index in [1.807, 2.05) is 84.3 Å². The van der Waals surface area contributed by atoms with Gasteiger partial charge in [0.2, 0.25) is 0 Å². The number of thiophene rings is 1. The van der Waals surface area contributed by atoms with Gasteiger partial charge in [-0.05, 0) is 28.6 Å². The van der Waals surface area contributed by atoms with Crippen molar-refractivity contribution < 1.29 is 14.4 Å². The molecule has 1 aliphatic carbocycles. The summed E-state index contributed by atoms with van der Waals surface area (Å²) in [5, 5.41) is 1.89. The van der Waals surface area contributed by atoms with E-state index in [2.05, 4.69) is 4.90 Å². The SMILES string of the molecule is O=C(c1cccs1)[C@@H]1[C@@H](c2ccccc2)C2(C(=O)c3ccccc3C2=O)[C@H]2C=Cc3ccccc3N12. The number of carbonyl (C=O) groups excluding carboxylic acids is 3. The number of para-hydroxylation sites is 1. The Labute approximate surface area is 212 Å². The molecule has 0 unspecified atom stereocenters. The summed E-state index contributed by atoms with van der Waals surface area (Å²) in [7, 11) is 0. The molecule has 3 atom stereocenters. The standard InChI is InChI=1S/C31H21NO3S/c33-28(24-15-8-18-36-24)27-26(20-10-2-1-3-11-20)31(29(34)21-12-5-6-13-22(21)30(31)35)25-17-16-19-9-4-7-14-23(19)32(25)27/h1-18,25-27H/t25-,26-,27+/m1/s1. The third-order valence-electron chi connectivity index (χ3n) is 7.90. The van der Waals surface area contributed by atoms with Crippen LogP contribution >= 0.6 is 11.3 Å². The minimum Gasteiger partial charge on any atom is -0.352 e. The van der Waals surface area contributed by atoms with E-state index in [1.165, 1.54) is 11.3 Å². The lowest BCUT2D eigenvalue weighted by atomic mass is 9.64. The Balaban J connectivity index is 1.56. The molecule has 3 heterocycles. The monoisotopic (exact) mass is 487 g/mol. The van der Waals surface area contributed by atoms with Crippen LogP contribution in [0.4, 0.5) is 5.69 Å². The highest BCUT2D eigenvalue weighted by Gasteiger charge is 2.71. The predicted molar refractivity (Wildman–Crippen MR) is 141 cm³/mol. The highest BCUT2D eigenvalue weighted by atomic mass is 32.1. The number of fused-ring (bicyclic) bond motifs is 5. The normalized spacial score (nSPS) is 23.0. The summed E-state index contributed by atoms with van der Waals surface area (Å²) in [6.45, 7) is 0. The summed E-state index contributed by atoms with van der Waals surface area (Å²) < 4.78 is 0. The molecule has 0 N–H and O–H groups in total. The van der Waals surface area contributed by atoms with Crippen LogP contribution in [0.5, 0.6) is 0 Å². The summed E-state index contributed by atoms with van der Waals surface area (Å²) in [6.07, 6.45) is 3.95. The number of hydrogen-bond donors (Lipinski definition) is 0. The Morgan fingerprint density at radius 2 is 1.44 bits per heavy atom. The fraction of sp³-hybridized carbons (Fsp3) is 0.129. The van der Waals surface area contributed by atoms with Crippen molar-refractivity contribution in [2.75, 3.05) is 4.90 Å². The maximum absolute atomic E-state index is 14.4. The van der Waals surface area contributed by atoms with Crippen molar-refractivity contribution in [1.82, 2.24) is 0 Å². The maximum atomic E-state index is 14.4. The zero-order chi connectivity index (χ0) is 24.4. The summed E-state index contributed by atoms with van der Waals surface area (Å²) in [5.41, 5.74) is 2.11. The van der Waals surface area contributed by atoms with Gasteiger partial charge in [0.1, 0.15) is 11.5 Å². The third kappa shape index (κ3) is 2.61. The molecule has 0 amide bonds. The van der Waals surface area contributed by atoms with Crippen LogP contribution in [0.25, 0.3) is 6.08 Å². The maximum Gasteiger partial charge on any atom is 0.195 e. The van der Waals surface area contributed by atoms with Crippen LogP contribution in [0.2, 0.25) is 0 Å². The minimum atomic E-state index is -1.44. The fourth-order valence-corrected chi connectivity index (χ4v) is 7.21. The zero-order valence-corrected chi connectivity index (χ0v) is 20.0. The van der Waals surface area contributed by atoms with Gasteiger partial charge < -0.3 is 4.90 Å². The summed E-state index contributed by atoms with van der Waals surface area (Å²) >= 11 is 1.39. The second kappa shape index (κ2) is 7.70. The van der Waals surface area contributed by atoms with Crippen LogP contribution in [-0.4, -0.2) is 29.4 Å². The minimum absolute atomic E-state index is 0.0672. The smallest absolute Gasteiger partial charge is 0.195 e. The summed E-state index contributed by atoms with van der Waals surface area (Å²) in [4.78, 5) is 45.9. The Bertz CT molecular complexity index is 1540. The topological polar surface area (TPSA) is 54.5 Å². The van der Waals surface area contributed by atoms with Gasteiger partial charge in [-0.15, -0.1) is 11.3 Å². The van der Waals surface area contributed by atoms with E-state index in [0.29, 0.717) is 16.0 Å². The zero-order valence-electron chi connectivity index (χ0n) is 19.2. The first-order chi connectivity index (χ1) is 17.6. The van der Waals surface area contributed by atoms with Gasteiger partial charge in [-0.2, -0.15) is 0 Å². The Morgan fingerprint density at radius 3 is 2.14 bits per heavy atom. The van der Waals surface area contributed by atoms with Crippen LogP contribution in [0.15, 0.2) is 102 Å². The first kappa shape index (κ1) is 21.2. The van der Waals surface area contributed by atoms with Crippen LogP contribution in [0, 0.1) is 5.41 Å². The molecule has 0 radical (unpaired) electrons. The van der Waals surface area contributed by atoms with Gasteiger partial charge in [0.15, 0.2) is 17.3 Å². The molecule has 2 aliphatic heterocycles. The average molecular weight is 488 g/mol. The molecule has 1 saturated heterocycles. The average Bonchev–Trinajstić information content (AvgIpc) is 3.63. The molecule has 0 saturated carbocycles. The number of carbonyl (C=O) groups is 3. The molecule has 7 rings (SSSR count). The van der Waals surface area contributed by atoms with Crippen LogP contribution in [0.1, 0.15) is 47.4 Å². The fourth-order valence-electron chi connectivity index (χ4n) is 6.52. The highest BCUT2D eigenvalue weighted by Crippen LogP contribution is 2.60. The molecule has 3 aliphatic rings.